The van der Waals surface area contributed by atoms with Crippen molar-refractivity contribution in [3.63, 3.8) is 0 Å². The van der Waals surface area contributed by atoms with Gasteiger partial charge < -0.3 is 4.74 Å². The molecule has 0 saturated carbocycles. The largest absolute Gasteiger partial charge is 0.380 e. The lowest BCUT2D eigenvalue weighted by Crippen LogP contribution is -2.40. The smallest absolute Gasteiger partial charge is 0.0704 e. The predicted octanol–water partition coefficient (Wildman–Crippen LogP) is 3.26. The normalized spacial score (nSPS) is 15.8. The van der Waals surface area contributed by atoms with Gasteiger partial charge in [0.05, 0.1) is 6.10 Å². The van der Waals surface area contributed by atoms with Gasteiger partial charge in [-0.15, -0.1) is 6.58 Å². The molecule has 0 N–H and O–H groups in total. The molecule has 0 aromatic heterocycles. The Morgan fingerprint density at radius 1 is 1.17 bits per heavy atom. The van der Waals surface area contributed by atoms with Crippen molar-refractivity contribution >= 4 is 0 Å². The molecule has 0 unspecified atom stereocenters. The molecular weight excluding hydrogens is 148 g/mol. The summed E-state index contributed by atoms with van der Waals surface area (Å²) in [6.07, 6.45) is 2.18. The van der Waals surface area contributed by atoms with Crippen molar-refractivity contribution < 1.29 is 4.74 Å². The van der Waals surface area contributed by atoms with Crippen molar-refractivity contribution in [3.05, 3.63) is 12.7 Å². The highest BCUT2D eigenvalue weighted by Gasteiger charge is 2.35. The molecule has 0 rings (SSSR count). The Balaban J connectivity index is 4.67. The molecule has 0 heterocycles. The van der Waals surface area contributed by atoms with Gasteiger partial charge in [-0.05, 0) is 5.41 Å². The Morgan fingerprint density at radius 2 is 1.58 bits per heavy atom. The fourth-order valence-electron chi connectivity index (χ4n) is 1.88. The minimum atomic E-state index is 0.0347. The van der Waals surface area contributed by atoms with Crippen molar-refractivity contribution in [1.29, 1.82) is 0 Å². The molecule has 0 saturated heterocycles. The summed E-state index contributed by atoms with van der Waals surface area (Å²) in [5.74, 6) is 0. The lowest BCUT2D eigenvalue weighted by atomic mass is 9.73. The van der Waals surface area contributed by atoms with Gasteiger partial charge in [0.2, 0.25) is 0 Å². The third-order valence-corrected chi connectivity index (χ3v) is 2.22. The van der Waals surface area contributed by atoms with Gasteiger partial charge in [0.1, 0.15) is 0 Å². The quantitative estimate of drug-likeness (QED) is 0.591. The SMILES string of the molecule is C=CC(C)(C)[C@@H](OC)C(C)(C)C. The first-order valence-corrected chi connectivity index (χ1v) is 4.42. The standard InChI is InChI=1S/C11H22O/c1-8-11(5,6)9(12-7)10(2,3)4/h8-9H,1H2,2-7H3/t9-/m0/s1. The number of rotatable bonds is 3. The molecule has 0 aromatic carbocycles. The van der Waals surface area contributed by atoms with Crippen LogP contribution in [0.4, 0.5) is 0 Å². The monoisotopic (exact) mass is 170 g/mol. The van der Waals surface area contributed by atoms with Gasteiger partial charge in [-0.25, -0.2) is 0 Å². The average Bonchev–Trinajstić information content (AvgIpc) is 1.85. The molecule has 0 aliphatic rings. The zero-order valence-corrected chi connectivity index (χ0v) is 9.27. The van der Waals surface area contributed by atoms with Gasteiger partial charge in [0.15, 0.2) is 0 Å². The van der Waals surface area contributed by atoms with E-state index in [-0.39, 0.29) is 16.9 Å². The van der Waals surface area contributed by atoms with Crippen LogP contribution in [0.15, 0.2) is 12.7 Å². The van der Waals surface area contributed by atoms with Gasteiger partial charge >= 0.3 is 0 Å². The second-order valence-corrected chi connectivity index (χ2v) is 5.01. The molecule has 72 valence electrons. The highest BCUT2D eigenvalue weighted by molar-refractivity contribution is 4.98. The van der Waals surface area contributed by atoms with Crippen molar-refractivity contribution in [2.24, 2.45) is 10.8 Å². The maximum Gasteiger partial charge on any atom is 0.0704 e. The van der Waals surface area contributed by atoms with Crippen LogP contribution in [0.2, 0.25) is 0 Å². The summed E-state index contributed by atoms with van der Waals surface area (Å²) in [5.41, 5.74) is 0.194. The molecule has 12 heavy (non-hydrogen) atoms. The molecule has 0 aromatic rings. The number of hydrogen-bond donors (Lipinski definition) is 0. The minimum Gasteiger partial charge on any atom is -0.380 e. The van der Waals surface area contributed by atoms with E-state index in [2.05, 4.69) is 41.2 Å². The second kappa shape index (κ2) is 3.61. The van der Waals surface area contributed by atoms with E-state index in [1.807, 2.05) is 6.08 Å². The van der Waals surface area contributed by atoms with Crippen molar-refractivity contribution in [2.75, 3.05) is 7.11 Å². The van der Waals surface area contributed by atoms with E-state index >= 15 is 0 Å². The van der Waals surface area contributed by atoms with Crippen LogP contribution in [-0.2, 0) is 4.74 Å². The van der Waals surface area contributed by atoms with Crippen LogP contribution in [0.25, 0.3) is 0 Å². The highest BCUT2D eigenvalue weighted by Crippen LogP contribution is 2.36. The van der Waals surface area contributed by atoms with Crippen LogP contribution in [0.3, 0.4) is 0 Å². The first-order chi connectivity index (χ1) is 5.25. The Kier molecular flexibility index (Phi) is 3.52. The first kappa shape index (κ1) is 11.7. The fourth-order valence-corrected chi connectivity index (χ4v) is 1.88. The molecule has 1 nitrogen and oxygen atoms in total. The predicted molar refractivity (Wildman–Crippen MR) is 54.2 cm³/mol. The topological polar surface area (TPSA) is 9.23 Å². The van der Waals surface area contributed by atoms with Crippen LogP contribution < -0.4 is 0 Å². The third-order valence-electron chi connectivity index (χ3n) is 2.22. The van der Waals surface area contributed by atoms with E-state index in [1.165, 1.54) is 0 Å². The van der Waals surface area contributed by atoms with Crippen LogP contribution >= 0.6 is 0 Å². The van der Waals surface area contributed by atoms with Gasteiger partial charge in [0.25, 0.3) is 0 Å². The lowest BCUT2D eigenvalue weighted by molar-refractivity contribution is -0.0442. The summed E-state index contributed by atoms with van der Waals surface area (Å²) in [6.45, 7) is 14.7. The van der Waals surface area contributed by atoms with Crippen LogP contribution in [0.1, 0.15) is 34.6 Å². The Labute approximate surface area is 76.8 Å². The van der Waals surface area contributed by atoms with Crippen molar-refractivity contribution in [1.82, 2.24) is 0 Å². The molecule has 0 amide bonds. The highest BCUT2D eigenvalue weighted by atomic mass is 16.5. The molecule has 1 heteroatoms. The summed E-state index contributed by atoms with van der Waals surface area (Å²) in [4.78, 5) is 0. The van der Waals surface area contributed by atoms with E-state index < -0.39 is 0 Å². The van der Waals surface area contributed by atoms with E-state index in [0.29, 0.717) is 0 Å². The molecule has 0 bridgehead atoms. The van der Waals surface area contributed by atoms with E-state index in [0.717, 1.165) is 0 Å². The summed E-state index contributed by atoms with van der Waals surface area (Å²) in [6, 6.07) is 0. The minimum absolute atomic E-state index is 0.0347. The van der Waals surface area contributed by atoms with Crippen LogP contribution in [0.5, 0.6) is 0 Å². The molecule has 0 fully saturated rings. The van der Waals surface area contributed by atoms with E-state index in [9.17, 15) is 0 Å². The van der Waals surface area contributed by atoms with Crippen molar-refractivity contribution in [2.45, 2.75) is 40.7 Å². The summed E-state index contributed by atoms with van der Waals surface area (Å²) >= 11 is 0. The zero-order valence-electron chi connectivity index (χ0n) is 9.27. The van der Waals surface area contributed by atoms with Crippen LogP contribution in [-0.4, -0.2) is 13.2 Å². The molecule has 0 spiro atoms. The molecule has 1 atom stereocenters. The maximum atomic E-state index is 5.50. The average molecular weight is 170 g/mol. The lowest BCUT2D eigenvalue weighted by Gasteiger charge is -2.39. The van der Waals surface area contributed by atoms with Crippen LogP contribution in [0, 0.1) is 10.8 Å². The zero-order chi connectivity index (χ0) is 9.99. The van der Waals surface area contributed by atoms with Crippen molar-refractivity contribution in [3.8, 4) is 0 Å². The second-order valence-electron chi connectivity index (χ2n) is 5.01. The van der Waals surface area contributed by atoms with Gasteiger partial charge in [0, 0.05) is 12.5 Å². The molecule has 0 radical (unpaired) electrons. The third kappa shape index (κ3) is 2.63. The number of methoxy groups -OCH3 is 1. The van der Waals surface area contributed by atoms with Gasteiger partial charge in [-0.2, -0.15) is 0 Å². The van der Waals surface area contributed by atoms with E-state index in [1.54, 1.807) is 7.11 Å². The van der Waals surface area contributed by atoms with E-state index in [4.69, 9.17) is 4.74 Å². The maximum absolute atomic E-state index is 5.50. The summed E-state index contributed by atoms with van der Waals surface area (Å²) in [7, 11) is 1.77. The Hall–Kier alpha value is -0.300. The first-order valence-electron chi connectivity index (χ1n) is 4.42. The Morgan fingerprint density at radius 3 is 1.67 bits per heavy atom. The molecular formula is C11H22O. The number of hydrogen-bond acceptors (Lipinski definition) is 1. The van der Waals surface area contributed by atoms with Gasteiger partial charge in [-0.3, -0.25) is 0 Å². The summed E-state index contributed by atoms with van der Waals surface area (Å²) in [5, 5.41) is 0. The summed E-state index contributed by atoms with van der Waals surface area (Å²) < 4.78 is 5.50. The number of ether oxygens (including phenoxy) is 1. The Bertz CT molecular complexity index is 151. The fraction of sp³-hybridized carbons (Fsp3) is 0.818. The van der Waals surface area contributed by atoms with Gasteiger partial charge in [-0.1, -0.05) is 40.7 Å². The molecule has 0 aliphatic heterocycles. The molecule has 0 aliphatic carbocycles.